The number of amides is 1. The minimum Gasteiger partial charge on any atom is -0.358 e. The minimum atomic E-state index is -0.185. The molecular formula is C21H24FN4O+. The SMILES string of the molecule is O=C(C[NH+]1CCN(c2ccccc2F)CC1)N1NC=C[C@@H]1c1ccccc1. The van der Waals surface area contributed by atoms with Crippen molar-refractivity contribution in [3.05, 3.63) is 78.3 Å². The van der Waals surface area contributed by atoms with Gasteiger partial charge in [0.1, 0.15) is 5.82 Å². The fourth-order valence-electron chi connectivity index (χ4n) is 3.77. The number of hydrogen-bond donors (Lipinski definition) is 2. The van der Waals surface area contributed by atoms with Gasteiger partial charge in [-0.2, -0.15) is 0 Å². The first kappa shape index (κ1) is 17.5. The number of carbonyl (C=O) groups is 1. The van der Waals surface area contributed by atoms with Crippen molar-refractivity contribution >= 4 is 11.6 Å². The van der Waals surface area contributed by atoms with E-state index in [4.69, 9.17) is 0 Å². The fourth-order valence-corrected chi connectivity index (χ4v) is 3.77. The summed E-state index contributed by atoms with van der Waals surface area (Å²) >= 11 is 0. The van der Waals surface area contributed by atoms with Gasteiger partial charge in [0.25, 0.3) is 5.91 Å². The van der Waals surface area contributed by atoms with Crippen molar-refractivity contribution < 1.29 is 14.1 Å². The Hall–Kier alpha value is -2.86. The van der Waals surface area contributed by atoms with Crippen molar-refractivity contribution in [2.45, 2.75) is 6.04 Å². The summed E-state index contributed by atoms with van der Waals surface area (Å²) in [5.74, 6) is -0.113. The molecule has 1 fully saturated rings. The average molecular weight is 367 g/mol. The van der Waals surface area contributed by atoms with Gasteiger partial charge in [0.15, 0.2) is 6.54 Å². The van der Waals surface area contributed by atoms with Gasteiger partial charge in [-0.1, -0.05) is 42.5 Å². The van der Waals surface area contributed by atoms with Crippen LogP contribution in [0, 0.1) is 5.82 Å². The van der Waals surface area contributed by atoms with Gasteiger partial charge in [-0.3, -0.25) is 4.79 Å². The molecule has 1 saturated heterocycles. The summed E-state index contributed by atoms with van der Waals surface area (Å²) in [5.41, 5.74) is 4.81. The van der Waals surface area contributed by atoms with Crippen LogP contribution in [-0.4, -0.2) is 43.6 Å². The summed E-state index contributed by atoms with van der Waals surface area (Å²) in [5, 5.41) is 1.70. The molecule has 2 aliphatic rings. The van der Waals surface area contributed by atoms with Crippen molar-refractivity contribution in [1.29, 1.82) is 0 Å². The summed E-state index contributed by atoms with van der Waals surface area (Å²) < 4.78 is 14.0. The first-order chi connectivity index (χ1) is 13.2. The van der Waals surface area contributed by atoms with Crippen LogP contribution in [0.1, 0.15) is 11.6 Å². The molecule has 2 N–H and O–H groups in total. The molecule has 0 saturated carbocycles. The number of quaternary nitrogens is 1. The van der Waals surface area contributed by atoms with Crippen molar-refractivity contribution in [3.8, 4) is 0 Å². The van der Waals surface area contributed by atoms with Gasteiger partial charge >= 0.3 is 0 Å². The average Bonchev–Trinajstić information content (AvgIpc) is 3.20. The van der Waals surface area contributed by atoms with E-state index in [1.165, 1.54) is 11.0 Å². The highest BCUT2D eigenvalue weighted by Crippen LogP contribution is 2.23. The number of para-hydroxylation sites is 1. The lowest BCUT2D eigenvalue weighted by Gasteiger charge is -2.34. The Labute approximate surface area is 158 Å². The highest BCUT2D eigenvalue weighted by molar-refractivity contribution is 5.78. The summed E-state index contributed by atoms with van der Waals surface area (Å²) in [7, 11) is 0. The molecule has 2 aromatic carbocycles. The molecule has 0 aromatic heterocycles. The maximum atomic E-state index is 14.0. The third-order valence-electron chi connectivity index (χ3n) is 5.25. The third-order valence-corrected chi connectivity index (χ3v) is 5.25. The predicted molar refractivity (Wildman–Crippen MR) is 102 cm³/mol. The van der Waals surface area contributed by atoms with E-state index in [1.807, 2.05) is 54.7 Å². The predicted octanol–water partition coefficient (Wildman–Crippen LogP) is 1.13. The lowest BCUT2D eigenvalue weighted by atomic mass is 10.1. The van der Waals surface area contributed by atoms with Crippen LogP contribution in [0.15, 0.2) is 66.9 Å². The number of hydrogen-bond acceptors (Lipinski definition) is 3. The van der Waals surface area contributed by atoms with Crippen LogP contribution >= 0.6 is 0 Å². The molecule has 1 atom stereocenters. The van der Waals surface area contributed by atoms with Crippen molar-refractivity contribution in [1.82, 2.24) is 10.4 Å². The zero-order valence-corrected chi connectivity index (χ0v) is 15.1. The molecule has 0 unspecified atom stereocenters. The Balaban J connectivity index is 1.34. The second-order valence-electron chi connectivity index (χ2n) is 6.97. The number of nitrogens with one attached hydrogen (secondary N) is 2. The van der Waals surface area contributed by atoms with Gasteiger partial charge in [-0.25, -0.2) is 9.40 Å². The Bertz CT molecular complexity index is 818. The van der Waals surface area contributed by atoms with Crippen LogP contribution in [0.2, 0.25) is 0 Å². The summed E-state index contributed by atoms with van der Waals surface area (Å²) in [4.78, 5) is 16.1. The number of anilines is 1. The van der Waals surface area contributed by atoms with Crippen LogP contribution in [0.25, 0.3) is 0 Å². The van der Waals surface area contributed by atoms with Crippen molar-refractivity contribution in [2.24, 2.45) is 0 Å². The van der Waals surface area contributed by atoms with Gasteiger partial charge in [0.05, 0.1) is 37.9 Å². The first-order valence-electron chi connectivity index (χ1n) is 9.35. The molecule has 27 heavy (non-hydrogen) atoms. The van der Waals surface area contributed by atoms with E-state index >= 15 is 0 Å². The topological polar surface area (TPSA) is 40.0 Å². The van der Waals surface area contributed by atoms with Gasteiger partial charge in [0, 0.05) is 6.20 Å². The fraction of sp³-hybridized carbons (Fsp3) is 0.286. The summed E-state index contributed by atoms with van der Waals surface area (Å²) in [6.45, 7) is 3.56. The molecule has 6 heteroatoms. The standard InChI is InChI=1S/C21H23FN4O/c22-18-8-4-5-9-20(18)25-14-12-24(13-15-25)16-21(27)26-19(10-11-23-26)17-6-2-1-3-7-17/h1-11,19,23H,12-16H2/p+1/t19-/m1/s1. The van der Waals surface area contributed by atoms with Gasteiger partial charge in [-0.05, 0) is 23.8 Å². The smallest absolute Gasteiger partial charge is 0.296 e. The Kier molecular flexibility index (Phi) is 5.07. The number of rotatable bonds is 4. The van der Waals surface area contributed by atoms with E-state index in [-0.39, 0.29) is 17.8 Å². The highest BCUT2D eigenvalue weighted by Gasteiger charge is 2.30. The molecule has 2 aliphatic heterocycles. The molecule has 0 aliphatic carbocycles. The summed E-state index contributed by atoms with van der Waals surface area (Å²) in [6, 6.07) is 16.8. The molecule has 0 bridgehead atoms. The number of benzene rings is 2. The lowest BCUT2D eigenvalue weighted by Crippen LogP contribution is -3.16. The first-order valence-corrected chi connectivity index (χ1v) is 9.35. The van der Waals surface area contributed by atoms with E-state index in [2.05, 4.69) is 10.3 Å². The molecule has 4 rings (SSSR count). The van der Waals surface area contributed by atoms with Gasteiger partial charge in [-0.15, -0.1) is 0 Å². The van der Waals surface area contributed by atoms with E-state index < -0.39 is 0 Å². The molecule has 1 amide bonds. The number of halogens is 1. The minimum absolute atomic E-state index is 0.0715. The number of nitrogens with zero attached hydrogens (tertiary/aromatic N) is 2. The number of hydrazine groups is 1. The quantitative estimate of drug-likeness (QED) is 0.851. The zero-order valence-electron chi connectivity index (χ0n) is 15.1. The van der Waals surface area contributed by atoms with Crippen LogP contribution in [0.5, 0.6) is 0 Å². The Morgan fingerprint density at radius 3 is 2.52 bits per heavy atom. The molecular weight excluding hydrogens is 343 g/mol. The van der Waals surface area contributed by atoms with E-state index in [1.54, 1.807) is 11.1 Å². The summed E-state index contributed by atoms with van der Waals surface area (Å²) in [6.07, 6.45) is 3.82. The molecule has 0 radical (unpaired) electrons. The van der Waals surface area contributed by atoms with Crippen molar-refractivity contribution in [3.63, 3.8) is 0 Å². The molecule has 5 nitrogen and oxygen atoms in total. The lowest BCUT2D eigenvalue weighted by molar-refractivity contribution is -0.892. The van der Waals surface area contributed by atoms with Crippen LogP contribution in [0.4, 0.5) is 10.1 Å². The van der Waals surface area contributed by atoms with Crippen LogP contribution in [-0.2, 0) is 4.79 Å². The van der Waals surface area contributed by atoms with E-state index in [9.17, 15) is 9.18 Å². The number of piperazine rings is 1. The maximum absolute atomic E-state index is 14.0. The van der Waals surface area contributed by atoms with Crippen LogP contribution < -0.4 is 15.2 Å². The second-order valence-corrected chi connectivity index (χ2v) is 6.97. The molecule has 2 aromatic rings. The van der Waals surface area contributed by atoms with Gasteiger partial charge in [0.2, 0.25) is 0 Å². The van der Waals surface area contributed by atoms with Crippen molar-refractivity contribution in [2.75, 3.05) is 37.6 Å². The Morgan fingerprint density at radius 2 is 1.78 bits per heavy atom. The van der Waals surface area contributed by atoms with Crippen LogP contribution in [0.3, 0.4) is 0 Å². The van der Waals surface area contributed by atoms with Gasteiger partial charge < -0.3 is 15.2 Å². The monoisotopic (exact) mass is 367 g/mol. The molecule has 2 heterocycles. The maximum Gasteiger partial charge on any atom is 0.296 e. The normalized spacial score (nSPS) is 20.0. The highest BCUT2D eigenvalue weighted by atomic mass is 19.1. The largest absolute Gasteiger partial charge is 0.358 e. The Morgan fingerprint density at radius 1 is 1.07 bits per heavy atom. The molecule has 140 valence electrons. The number of carbonyl (C=O) groups excluding carboxylic acids is 1. The molecule has 0 spiro atoms. The second kappa shape index (κ2) is 7.80. The third kappa shape index (κ3) is 3.80. The van der Waals surface area contributed by atoms with E-state index in [0.29, 0.717) is 12.2 Å². The van der Waals surface area contributed by atoms with E-state index in [0.717, 1.165) is 31.7 Å². The zero-order chi connectivity index (χ0) is 18.6.